The van der Waals surface area contributed by atoms with Crippen LogP contribution < -0.4 is 5.73 Å². The Bertz CT molecular complexity index is 619. The summed E-state index contributed by atoms with van der Waals surface area (Å²) < 4.78 is 29.8. The number of aromatic nitrogens is 1. The maximum Gasteiger partial charge on any atom is 0.245 e. The molecule has 3 rings (SSSR count). The average Bonchev–Trinajstić information content (AvgIpc) is 3.08. The van der Waals surface area contributed by atoms with Crippen molar-refractivity contribution in [1.82, 2.24) is 8.87 Å². The summed E-state index contributed by atoms with van der Waals surface area (Å²) in [5.41, 5.74) is 6.70. The molecule has 2 unspecified atom stereocenters. The van der Waals surface area contributed by atoms with E-state index in [0.717, 1.165) is 37.8 Å². The molecule has 2 heterocycles. The van der Waals surface area contributed by atoms with E-state index in [0.29, 0.717) is 17.5 Å². The predicted octanol–water partition coefficient (Wildman–Crippen LogP) is 2.23. The molecule has 1 aliphatic heterocycles. The topological polar surface area (TPSA) is 68.3 Å². The smallest absolute Gasteiger partial charge is 0.245 e. The first-order valence-electron chi connectivity index (χ1n) is 7.93. The van der Waals surface area contributed by atoms with Gasteiger partial charge in [-0.15, -0.1) is 0 Å². The molecule has 0 spiro atoms. The van der Waals surface area contributed by atoms with Gasteiger partial charge in [-0.2, -0.15) is 4.31 Å². The molecule has 2 fully saturated rings. The number of hydrogen-bond acceptors (Lipinski definition) is 3. The first-order valence-corrected chi connectivity index (χ1v) is 9.37. The number of hydrogen-bond donors (Lipinski definition) is 1. The Labute approximate surface area is 127 Å². The Morgan fingerprint density at radius 3 is 2.57 bits per heavy atom. The van der Waals surface area contributed by atoms with E-state index in [4.69, 9.17) is 5.73 Å². The van der Waals surface area contributed by atoms with Gasteiger partial charge in [-0.05, 0) is 45.1 Å². The minimum Gasteiger partial charge on any atom is -0.346 e. The standard InChI is InChI=1S/C15H25N3O2S/c1-3-12-5-4-11(2)18(12)21(19,20)15-8-14(9-16)17(10-15)13-6-7-13/h8,10-13H,3-7,9,16H2,1-2H3. The minimum atomic E-state index is -3.41. The second-order valence-corrected chi connectivity index (χ2v) is 8.18. The van der Waals surface area contributed by atoms with Gasteiger partial charge in [0.1, 0.15) is 4.90 Å². The Morgan fingerprint density at radius 1 is 1.29 bits per heavy atom. The quantitative estimate of drug-likeness (QED) is 0.906. The van der Waals surface area contributed by atoms with E-state index in [-0.39, 0.29) is 12.1 Å². The zero-order chi connectivity index (χ0) is 15.2. The van der Waals surface area contributed by atoms with Crippen LogP contribution in [0.25, 0.3) is 0 Å². The molecule has 21 heavy (non-hydrogen) atoms. The number of rotatable bonds is 5. The Hall–Kier alpha value is -0.850. The lowest BCUT2D eigenvalue weighted by Crippen LogP contribution is -2.39. The summed E-state index contributed by atoms with van der Waals surface area (Å²) in [6.45, 7) is 4.46. The van der Waals surface area contributed by atoms with Gasteiger partial charge >= 0.3 is 0 Å². The Kier molecular flexibility index (Phi) is 3.88. The van der Waals surface area contributed by atoms with Crippen LogP contribution in [0, 0.1) is 0 Å². The summed E-state index contributed by atoms with van der Waals surface area (Å²) in [4.78, 5) is 0.419. The highest BCUT2D eigenvalue weighted by Crippen LogP contribution is 2.39. The van der Waals surface area contributed by atoms with E-state index < -0.39 is 10.0 Å². The van der Waals surface area contributed by atoms with Crippen LogP contribution in [0.2, 0.25) is 0 Å². The number of nitrogens with two attached hydrogens (primary N) is 1. The molecule has 0 amide bonds. The van der Waals surface area contributed by atoms with E-state index in [2.05, 4.69) is 11.5 Å². The van der Waals surface area contributed by atoms with E-state index >= 15 is 0 Å². The molecule has 0 radical (unpaired) electrons. The van der Waals surface area contributed by atoms with Crippen molar-refractivity contribution in [2.45, 2.75) is 75.5 Å². The van der Waals surface area contributed by atoms with Crippen molar-refractivity contribution in [2.75, 3.05) is 0 Å². The Morgan fingerprint density at radius 2 is 2.00 bits per heavy atom. The molecular weight excluding hydrogens is 286 g/mol. The molecule has 2 atom stereocenters. The lowest BCUT2D eigenvalue weighted by molar-refractivity contribution is 0.328. The zero-order valence-corrected chi connectivity index (χ0v) is 13.6. The van der Waals surface area contributed by atoms with E-state index in [9.17, 15) is 8.42 Å². The van der Waals surface area contributed by atoms with Crippen molar-refractivity contribution in [3.63, 3.8) is 0 Å². The van der Waals surface area contributed by atoms with Crippen molar-refractivity contribution in [3.05, 3.63) is 18.0 Å². The maximum absolute atomic E-state index is 13.0. The molecule has 0 aromatic carbocycles. The van der Waals surface area contributed by atoms with Crippen molar-refractivity contribution < 1.29 is 8.42 Å². The highest BCUT2D eigenvalue weighted by molar-refractivity contribution is 7.89. The normalized spacial score (nSPS) is 27.4. The summed E-state index contributed by atoms with van der Waals surface area (Å²) in [7, 11) is -3.41. The van der Waals surface area contributed by atoms with Gasteiger partial charge in [-0.25, -0.2) is 8.42 Å². The van der Waals surface area contributed by atoms with E-state index in [1.54, 1.807) is 16.6 Å². The van der Waals surface area contributed by atoms with Gasteiger partial charge in [-0.3, -0.25) is 0 Å². The first kappa shape index (κ1) is 15.1. The van der Waals surface area contributed by atoms with Crippen molar-refractivity contribution in [3.8, 4) is 0 Å². The van der Waals surface area contributed by atoms with Crippen LogP contribution in [0.5, 0.6) is 0 Å². The fourth-order valence-corrected chi connectivity index (χ4v) is 5.48. The molecule has 1 aromatic rings. The molecular formula is C15H25N3O2S. The third-order valence-electron chi connectivity index (χ3n) is 4.81. The van der Waals surface area contributed by atoms with Crippen LogP contribution in [0.3, 0.4) is 0 Å². The molecule has 1 aliphatic carbocycles. The molecule has 118 valence electrons. The van der Waals surface area contributed by atoms with Crippen molar-refractivity contribution >= 4 is 10.0 Å². The SMILES string of the molecule is CCC1CCC(C)N1S(=O)(=O)c1cc(CN)n(C2CC2)c1. The minimum absolute atomic E-state index is 0.0885. The average molecular weight is 311 g/mol. The van der Waals surface area contributed by atoms with Gasteiger partial charge in [0.05, 0.1) is 0 Å². The van der Waals surface area contributed by atoms with E-state index in [1.807, 2.05) is 6.92 Å². The first-order chi connectivity index (χ1) is 9.98. The third-order valence-corrected chi connectivity index (χ3v) is 6.85. The Balaban J connectivity index is 1.98. The molecule has 2 aliphatic rings. The lowest BCUT2D eigenvalue weighted by atomic mass is 10.2. The molecule has 6 heteroatoms. The summed E-state index contributed by atoms with van der Waals surface area (Å²) in [5.74, 6) is 0. The van der Waals surface area contributed by atoms with Crippen LogP contribution in [0.1, 0.15) is 57.7 Å². The van der Waals surface area contributed by atoms with Gasteiger partial charge in [0, 0.05) is 36.6 Å². The third kappa shape index (κ3) is 2.53. The second-order valence-electron chi connectivity index (χ2n) is 6.33. The van der Waals surface area contributed by atoms with Gasteiger partial charge in [-0.1, -0.05) is 6.92 Å². The highest BCUT2D eigenvalue weighted by Gasteiger charge is 2.40. The predicted molar refractivity (Wildman–Crippen MR) is 82.4 cm³/mol. The van der Waals surface area contributed by atoms with Crippen LogP contribution in [-0.2, 0) is 16.6 Å². The fourth-order valence-electron chi connectivity index (χ4n) is 3.48. The molecule has 1 aromatic heterocycles. The summed E-state index contributed by atoms with van der Waals surface area (Å²) in [6, 6.07) is 2.44. The highest BCUT2D eigenvalue weighted by atomic mass is 32.2. The molecule has 1 saturated heterocycles. The monoisotopic (exact) mass is 311 g/mol. The maximum atomic E-state index is 13.0. The zero-order valence-electron chi connectivity index (χ0n) is 12.8. The largest absolute Gasteiger partial charge is 0.346 e. The summed E-state index contributed by atoms with van der Waals surface area (Å²) in [6.07, 6.45) is 6.83. The van der Waals surface area contributed by atoms with Gasteiger partial charge < -0.3 is 10.3 Å². The second kappa shape index (κ2) is 5.41. The summed E-state index contributed by atoms with van der Waals surface area (Å²) in [5, 5.41) is 0. The molecule has 0 bridgehead atoms. The number of nitrogens with zero attached hydrogens (tertiary/aromatic N) is 2. The lowest BCUT2D eigenvalue weighted by Gasteiger charge is -2.26. The summed E-state index contributed by atoms with van der Waals surface area (Å²) >= 11 is 0. The van der Waals surface area contributed by atoms with Crippen molar-refractivity contribution in [1.29, 1.82) is 0 Å². The van der Waals surface area contributed by atoms with Gasteiger partial charge in [0.2, 0.25) is 10.0 Å². The van der Waals surface area contributed by atoms with E-state index in [1.165, 1.54) is 0 Å². The van der Waals surface area contributed by atoms with Gasteiger partial charge in [0.15, 0.2) is 0 Å². The fraction of sp³-hybridized carbons (Fsp3) is 0.733. The molecule has 2 N–H and O–H groups in total. The van der Waals surface area contributed by atoms with Crippen molar-refractivity contribution in [2.24, 2.45) is 5.73 Å². The van der Waals surface area contributed by atoms with Crippen LogP contribution in [0.4, 0.5) is 0 Å². The van der Waals surface area contributed by atoms with Crippen LogP contribution in [-0.4, -0.2) is 29.4 Å². The van der Waals surface area contributed by atoms with Gasteiger partial charge in [0.25, 0.3) is 0 Å². The number of sulfonamides is 1. The molecule has 1 saturated carbocycles. The molecule has 5 nitrogen and oxygen atoms in total. The van der Waals surface area contributed by atoms with Crippen LogP contribution >= 0.6 is 0 Å². The van der Waals surface area contributed by atoms with Crippen LogP contribution in [0.15, 0.2) is 17.2 Å².